The monoisotopic (exact) mass is 571 g/mol. The van der Waals surface area contributed by atoms with Gasteiger partial charge < -0.3 is 20.5 Å². The molecule has 27 heavy (non-hydrogen) atoms. The molecule has 1 saturated heterocycles. The molecule has 0 spiro atoms. The molecule has 1 aliphatic heterocycles. The van der Waals surface area contributed by atoms with Crippen LogP contribution in [0.3, 0.4) is 0 Å². The number of nitrogens with one attached hydrogen (secondary N) is 2. The molecule has 0 aliphatic carbocycles. The molecule has 1 aliphatic rings. The first-order chi connectivity index (χ1) is 12.4. The lowest BCUT2D eigenvalue weighted by molar-refractivity contribution is 0.127. The first kappa shape index (κ1) is 25.0. The van der Waals surface area contributed by atoms with Crippen molar-refractivity contribution in [3.8, 4) is 0 Å². The van der Waals surface area contributed by atoms with Gasteiger partial charge in [0.2, 0.25) is 0 Å². The second-order valence-electron chi connectivity index (χ2n) is 7.37. The number of rotatable bonds is 8. The fraction of sp³-hybridized carbons (Fsp3) is 0.632. The average Bonchev–Trinajstić information content (AvgIpc) is 3.06. The van der Waals surface area contributed by atoms with Gasteiger partial charge in [-0.25, -0.2) is 0 Å². The van der Waals surface area contributed by atoms with Gasteiger partial charge in [0.25, 0.3) is 0 Å². The van der Waals surface area contributed by atoms with Crippen molar-refractivity contribution in [2.24, 2.45) is 10.4 Å². The summed E-state index contributed by atoms with van der Waals surface area (Å²) in [5.74, 6) is 0.790. The number of aliphatic imine (C=N–C) groups is 1. The topological polar surface area (TPSA) is 65.9 Å². The van der Waals surface area contributed by atoms with Gasteiger partial charge in [-0.1, -0.05) is 15.9 Å². The van der Waals surface area contributed by atoms with E-state index in [1.54, 1.807) is 7.05 Å². The summed E-state index contributed by atoms with van der Waals surface area (Å²) in [5.41, 5.74) is 0.00800. The molecule has 1 fully saturated rings. The van der Waals surface area contributed by atoms with Crippen LogP contribution in [0.1, 0.15) is 26.7 Å². The lowest BCUT2D eigenvalue weighted by Crippen LogP contribution is -2.47. The summed E-state index contributed by atoms with van der Waals surface area (Å²) in [5, 5.41) is 16.2. The van der Waals surface area contributed by atoms with Crippen LogP contribution in [0.15, 0.2) is 38.6 Å². The molecule has 1 unspecified atom stereocenters. The van der Waals surface area contributed by atoms with Crippen molar-refractivity contribution in [2.75, 3.05) is 40.0 Å². The van der Waals surface area contributed by atoms with E-state index in [1.807, 2.05) is 11.8 Å². The van der Waals surface area contributed by atoms with Crippen LogP contribution in [0.4, 0.5) is 0 Å². The number of nitrogens with zero attached hydrogens (tertiary/aromatic N) is 1. The Bertz CT molecular complexity index is 593. The van der Waals surface area contributed by atoms with E-state index < -0.39 is 0 Å². The van der Waals surface area contributed by atoms with Crippen molar-refractivity contribution in [2.45, 2.75) is 36.3 Å². The third-order valence-corrected chi connectivity index (χ3v) is 6.30. The highest BCUT2D eigenvalue weighted by Crippen LogP contribution is 2.33. The zero-order valence-electron chi connectivity index (χ0n) is 16.3. The number of thioether (sulfide) groups is 1. The lowest BCUT2D eigenvalue weighted by atomic mass is 9.84. The van der Waals surface area contributed by atoms with Gasteiger partial charge in [-0.3, -0.25) is 4.99 Å². The number of hydrogen-bond donors (Lipinski definition) is 3. The van der Waals surface area contributed by atoms with E-state index in [9.17, 15) is 5.11 Å². The molecule has 0 bridgehead atoms. The van der Waals surface area contributed by atoms with Crippen molar-refractivity contribution < 1.29 is 9.84 Å². The summed E-state index contributed by atoms with van der Waals surface area (Å²) >= 11 is 5.31. The standard InChI is InChI=1S/C19H30BrN3O2S.HI/c1-18(2,26-16-6-4-15(20)5-7-16)12-22-17(21-3)23-13-19(8-10-24)9-11-25-14-19;/h4-7,24H,8-14H2,1-3H3,(H2,21,22,23);1H. The molecule has 8 heteroatoms. The molecule has 1 atom stereocenters. The van der Waals surface area contributed by atoms with Gasteiger partial charge in [-0.15, -0.1) is 35.7 Å². The Kier molecular flexibility index (Phi) is 11.0. The minimum absolute atomic E-state index is 0. The maximum Gasteiger partial charge on any atom is 0.191 e. The number of aliphatic hydroxyl groups excluding tert-OH is 1. The zero-order valence-corrected chi connectivity index (χ0v) is 21.0. The maximum atomic E-state index is 9.35. The first-order valence-corrected chi connectivity index (χ1v) is 10.6. The van der Waals surface area contributed by atoms with Gasteiger partial charge in [-0.05, 0) is 51.0 Å². The Labute approximate surface area is 192 Å². The molecular weight excluding hydrogens is 541 g/mol. The van der Waals surface area contributed by atoms with Crippen LogP contribution in [-0.4, -0.2) is 55.8 Å². The number of ether oxygens (including phenoxy) is 1. The van der Waals surface area contributed by atoms with Crippen LogP contribution in [-0.2, 0) is 4.74 Å². The van der Waals surface area contributed by atoms with Gasteiger partial charge in [0.1, 0.15) is 0 Å². The summed E-state index contributed by atoms with van der Waals surface area (Å²) < 4.78 is 6.66. The lowest BCUT2D eigenvalue weighted by Gasteiger charge is -2.29. The molecule has 0 saturated carbocycles. The fourth-order valence-corrected chi connectivity index (χ4v) is 4.28. The predicted molar refractivity (Wildman–Crippen MR) is 128 cm³/mol. The van der Waals surface area contributed by atoms with Crippen LogP contribution in [0.5, 0.6) is 0 Å². The molecule has 1 heterocycles. The van der Waals surface area contributed by atoms with Crippen LogP contribution in [0.2, 0.25) is 0 Å². The summed E-state index contributed by atoms with van der Waals surface area (Å²) in [4.78, 5) is 5.58. The fourth-order valence-electron chi connectivity index (χ4n) is 2.96. The zero-order chi connectivity index (χ0) is 19.0. The number of benzene rings is 1. The van der Waals surface area contributed by atoms with Crippen LogP contribution in [0.25, 0.3) is 0 Å². The minimum Gasteiger partial charge on any atom is -0.396 e. The maximum absolute atomic E-state index is 9.35. The normalized spacial score (nSPS) is 20.3. The van der Waals surface area contributed by atoms with Gasteiger partial charge >= 0.3 is 0 Å². The molecule has 0 radical (unpaired) electrons. The first-order valence-electron chi connectivity index (χ1n) is 8.96. The molecule has 3 N–H and O–H groups in total. The van der Waals surface area contributed by atoms with E-state index in [0.29, 0.717) is 6.61 Å². The van der Waals surface area contributed by atoms with E-state index in [2.05, 4.69) is 69.7 Å². The molecule has 5 nitrogen and oxygen atoms in total. The average molecular weight is 572 g/mol. The van der Waals surface area contributed by atoms with E-state index in [0.717, 1.165) is 43.0 Å². The van der Waals surface area contributed by atoms with Gasteiger partial charge in [-0.2, -0.15) is 0 Å². The van der Waals surface area contributed by atoms with Crippen LogP contribution >= 0.6 is 51.7 Å². The number of aliphatic hydroxyl groups is 1. The summed E-state index contributed by atoms with van der Waals surface area (Å²) in [6.45, 7) is 7.64. The molecule has 0 amide bonds. The van der Waals surface area contributed by atoms with E-state index in [4.69, 9.17) is 4.74 Å². The van der Waals surface area contributed by atoms with Gasteiger partial charge in [0.15, 0.2) is 5.96 Å². The number of halogens is 2. The van der Waals surface area contributed by atoms with Crippen molar-refractivity contribution >= 4 is 57.6 Å². The third-order valence-electron chi connectivity index (χ3n) is 4.57. The van der Waals surface area contributed by atoms with Crippen LogP contribution in [0, 0.1) is 5.41 Å². The number of guanidine groups is 1. The van der Waals surface area contributed by atoms with Gasteiger partial charge in [0.05, 0.1) is 6.61 Å². The van der Waals surface area contributed by atoms with Crippen molar-refractivity contribution in [3.63, 3.8) is 0 Å². The second-order valence-corrected chi connectivity index (χ2v) is 10.1. The summed E-state index contributed by atoms with van der Waals surface area (Å²) in [7, 11) is 1.79. The van der Waals surface area contributed by atoms with E-state index >= 15 is 0 Å². The van der Waals surface area contributed by atoms with Crippen LogP contribution < -0.4 is 10.6 Å². The number of hydrogen-bond acceptors (Lipinski definition) is 4. The van der Waals surface area contributed by atoms with Gasteiger partial charge in [0, 0.05) is 52.9 Å². The Balaban J connectivity index is 0.00000364. The van der Waals surface area contributed by atoms with Crippen molar-refractivity contribution in [3.05, 3.63) is 28.7 Å². The molecule has 1 aromatic rings. The van der Waals surface area contributed by atoms with E-state index in [1.165, 1.54) is 4.90 Å². The third kappa shape index (κ3) is 8.47. The summed E-state index contributed by atoms with van der Waals surface area (Å²) in [6.07, 6.45) is 1.73. The SMILES string of the molecule is CN=C(NCC1(CCO)CCOC1)NCC(C)(C)Sc1ccc(Br)cc1.I. The largest absolute Gasteiger partial charge is 0.396 e. The highest BCUT2D eigenvalue weighted by molar-refractivity contribution is 14.0. The molecule has 154 valence electrons. The predicted octanol–water partition coefficient (Wildman–Crippen LogP) is 3.89. The molecule has 0 aromatic heterocycles. The Morgan fingerprint density at radius 1 is 1.33 bits per heavy atom. The van der Waals surface area contributed by atoms with Crippen molar-refractivity contribution in [1.29, 1.82) is 0 Å². The minimum atomic E-state index is 0. The molecule has 2 rings (SSSR count). The second kappa shape index (κ2) is 11.8. The van der Waals surface area contributed by atoms with E-state index in [-0.39, 0.29) is 40.7 Å². The Morgan fingerprint density at radius 3 is 2.59 bits per heavy atom. The smallest absolute Gasteiger partial charge is 0.191 e. The Morgan fingerprint density at radius 2 is 2.04 bits per heavy atom. The molecular formula is C19H31BrIN3O2S. The highest BCUT2D eigenvalue weighted by atomic mass is 127. The highest BCUT2D eigenvalue weighted by Gasteiger charge is 2.34. The summed E-state index contributed by atoms with van der Waals surface area (Å²) in [6, 6.07) is 8.39. The van der Waals surface area contributed by atoms with Crippen molar-refractivity contribution in [1.82, 2.24) is 10.6 Å². The quantitative estimate of drug-likeness (QED) is 0.191. The Hall–Kier alpha value is -0.0300. The molecule has 1 aromatic carbocycles.